The van der Waals surface area contributed by atoms with E-state index in [1.807, 2.05) is 42.5 Å². The summed E-state index contributed by atoms with van der Waals surface area (Å²) in [5.41, 5.74) is 9.90. The van der Waals surface area contributed by atoms with Crippen molar-refractivity contribution < 1.29 is 8.83 Å². The SMILES string of the molecule is c1ccc(-c2cccc(N(c3ccc4c(c3)oc3ccccc34)c3cccc4c3sc3cc5nc(-c6ccccc6)oc5cc34)c2)cc1. The Hall–Kier alpha value is -6.17. The lowest BCUT2D eigenvalue weighted by molar-refractivity contribution is 0.620. The number of para-hydroxylation sites is 1. The van der Waals surface area contributed by atoms with E-state index in [0.717, 1.165) is 66.6 Å². The molecule has 0 spiro atoms. The summed E-state index contributed by atoms with van der Waals surface area (Å²) < 4.78 is 15.0. The number of furan rings is 1. The highest BCUT2D eigenvalue weighted by atomic mass is 32.1. The monoisotopic (exact) mass is 634 g/mol. The van der Waals surface area contributed by atoms with Crippen LogP contribution in [-0.4, -0.2) is 4.98 Å². The average Bonchev–Trinajstić information content (AvgIpc) is 3.84. The summed E-state index contributed by atoms with van der Waals surface area (Å²) in [5, 5.41) is 4.57. The zero-order valence-electron chi connectivity index (χ0n) is 25.6. The number of nitrogens with zero attached hydrogens (tertiary/aromatic N) is 2. The summed E-state index contributed by atoms with van der Waals surface area (Å²) >= 11 is 1.79. The molecule has 5 heteroatoms. The standard InChI is InChI=1S/C43H26N2O2S/c1-3-11-27(12-4-1)29-15-9-16-30(23-29)45(31-21-22-33-32-17-7-8-20-38(32)46-39(33)24-31)37-19-10-18-34-35-25-40-36(26-41(35)48-42(34)37)44-43(47-40)28-13-5-2-6-14-28/h1-26H. The summed E-state index contributed by atoms with van der Waals surface area (Å²) in [6.45, 7) is 0. The Morgan fingerprint density at radius 3 is 2.04 bits per heavy atom. The minimum absolute atomic E-state index is 0.638. The van der Waals surface area contributed by atoms with E-state index < -0.39 is 0 Å². The zero-order chi connectivity index (χ0) is 31.6. The third kappa shape index (κ3) is 4.33. The first-order valence-corrected chi connectivity index (χ1v) is 16.8. The summed E-state index contributed by atoms with van der Waals surface area (Å²) in [4.78, 5) is 7.21. The van der Waals surface area contributed by atoms with E-state index in [1.165, 1.54) is 20.3 Å². The highest BCUT2D eigenvalue weighted by Crippen LogP contribution is 2.47. The van der Waals surface area contributed by atoms with Gasteiger partial charge >= 0.3 is 0 Å². The molecule has 0 radical (unpaired) electrons. The van der Waals surface area contributed by atoms with Gasteiger partial charge in [0.2, 0.25) is 5.89 Å². The maximum atomic E-state index is 6.38. The average molecular weight is 635 g/mol. The fourth-order valence-corrected chi connectivity index (χ4v) is 8.04. The number of aromatic nitrogens is 1. The highest BCUT2D eigenvalue weighted by Gasteiger charge is 2.21. The molecule has 48 heavy (non-hydrogen) atoms. The number of anilines is 3. The predicted octanol–water partition coefficient (Wildman–Crippen LogP) is 12.9. The summed E-state index contributed by atoms with van der Waals surface area (Å²) in [5.74, 6) is 0.638. The van der Waals surface area contributed by atoms with Crippen LogP contribution in [0.1, 0.15) is 0 Å². The molecule has 10 aromatic rings. The number of oxazole rings is 1. The topological polar surface area (TPSA) is 42.4 Å². The van der Waals surface area contributed by atoms with Crippen LogP contribution in [0.5, 0.6) is 0 Å². The molecule has 0 amide bonds. The molecule has 0 saturated carbocycles. The second-order valence-electron chi connectivity index (χ2n) is 12.0. The summed E-state index contributed by atoms with van der Waals surface area (Å²) in [6.07, 6.45) is 0. The van der Waals surface area contributed by atoms with E-state index in [4.69, 9.17) is 13.8 Å². The Labute approximate surface area is 279 Å². The second-order valence-corrected chi connectivity index (χ2v) is 13.0. The first kappa shape index (κ1) is 27.0. The van der Waals surface area contributed by atoms with Crippen molar-refractivity contribution in [2.75, 3.05) is 4.90 Å². The maximum absolute atomic E-state index is 6.38. The van der Waals surface area contributed by atoms with E-state index in [2.05, 4.69) is 120 Å². The zero-order valence-corrected chi connectivity index (χ0v) is 26.4. The first-order chi connectivity index (χ1) is 23.8. The van der Waals surface area contributed by atoms with Gasteiger partial charge in [0.25, 0.3) is 0 Å². The first-order valence-electron chi connectivity index (χ1n) is 15.9. The van der Waals surface area contributed by atoms with Crippen molar-refractivity contribution in [2.45, 2.75) is 0 Å². The van der Waals surface area contributed by atoms with Crippen molar-refractivity contribution in [3.63, 3.8) is 0 Å². The molecule has 226 valence electrons. The Morgan fingerprint density at radius 1 is 0.458 bits per heavy atom. The molecule has 0 aliphatic carbocycles. The molecular formula is C43H26N2O2S. The number of hydrogen-bond donors (Lipinski definition) is 0. The molecule has 0 atom stereocenters. The van der Waals surface area contributed by atoms with Gasteiger partial charge in [-0.25, -0.2) is 4.98 Å². The van der Waals surface area contributed by atoms with Gasteiger partial charge in [-0.3, -0.25) is 0 Å². The van der Waals surface area contributed by atoms with Crippen LogP contribution in [-0.2, 0) is 0 Å². The molecule has 0 N–H and O–H groups in total. The van der Waals surface area contributed by atoms with Gasteiger partial charge in [0.15, 0.2) is 5.58 Å². The van der Waals surface area contributed by atoms with Crippen molar-refractivity contribution in [2.24, 2.45) is 0 Å². The number of fused-ring (bicyclic) bond motifs is 7. The second kappa shape index (κ2) is 10.7. The van der Waals surface area contributed by atoms with Gasteiger partial charge in [-0.15, -0.1) is 11.3 Å². The third-order valence-corrected chi connectivity index (χ3v) is 10.3. The van der Waals surface area contributed by atoms with Crippen LogP contribution in [0.25, 0.3) is 75.8 Å². The van der Waals surface area contributed by atoms with E-state index in [1.54, 1.807) is 11.3 Å². The van der Waals surface area contributed by atoms with Crippen LogP contribution in [0, 0.1) is 0 Å². The largest absolute Gasteiger partial charge is 0.456 e. The summed E-state index contributed by atoms with van der Waals surface area (Å²) in [6, 6.07) is 55.0. The van der Waals surface area contributed by atoms with Gasteiger partial charge in [0.05, 0.1) is 10.4 Å². The lowest BCUT2D eigenvalue weighted by Gasteiger charge is -2.26. The molecule has 4 nitrogen and oxygen atoms in total. The molecule has 3 heterocycles. The van der Waals surface area contributed by atoms with Crippen LogP contribution >= 0.6 is 11.3 Å². The van der Waals surface area contributed by atoms with Crippen LogP contribution in [0.15, 0.2) is 167 Å². The lowest BCUT2D eigenvalue weighted by Crippen LogP contribution is -2.10. The molecule has 0 saturated heterocycles. The van der Waals surface area contributed by atoms with Crippen molar-refractivity contribution in [1.82, 2.24) is 4.98 Å². The fourth-order valence-electron chi connectivity index (χ4n) is 6.82. The lowest BCUT2D eigenvalue weighted by atomic mass is 10.0. The van der Waals surface area contributed by atoms with Crippen LogP contribution in [0.2, 0.25) is 0 Å². The van der Waals surface area contributed by atoms with Crippen molar-refractivity contribution in [1.29, 1.82) is 0 Å². The number of thiophene rings is 1. The van der Waals surface area contributed by atoms with E-state index in [9.17, 15) is 0 Å². The Balaban J connectivity index is 1.18. The minimum Gasteiger partial charge on any atom is -0.456 e. The van der Waals surface area contributed by atoms with E-state index in [-0.39, 0.29) is 0 Å². The van der Waals surface area contributed by atoms with Gasteiger partial charge in [-0.05, 0) is 71.8 Å². The van der Waals surface area contributed by atoms with Crippen molar-refractivity contribution in [3.05, 3.63) is 158 Å². The van der Waals surface area contributed by atoms with Crippen molar-refractivity contribution in [3.8, 4) is 22.6 Å². The number of benzene rings is 7. The van der Waals surface area contributed by atoms with Gasteiger partial charge in [-0.1, -0.05) is 91.0 Å². The molecular weight excluding hydrogens is 609 g/mol. The van der Waals surface area contributed by atoms with Crippen LogP contribution in [0.4, 0.5) is 17.1 Å². The smallest absolute Gasteiger partial charge is 0.227 e. The molecule has 10 rings (SSSR count). The minimum atomic E-state index is 0.638. The maximum Gasteiger partial charge on any atom is 0.227 e. The van der Waals surface area contributed by atoms with Gasteiger partial charge in [0.1, 0.15) is 16.7 Å². The molecule has 7 aromatic carbocycles. The normalized spacial score (nSPS) is 11.8. The fraction of sp³-hybridized carbons (Fsp3) is 0. The van der Waals surface area contributed by atoms with E-state index >= 15 is 0 Å². The molecule has 0 aliphatic rings. The van der Waals surface area contributed by atoms with Gasteiger partial charge < -0.3 is 13.7 Å². The van der Waals surface area contributed by atoms with E-state index in [0.29, 0.717) is 5.89 Å². The summed E-state index contributed by atoms with van der Waals surface area (Å²) in [7, 11) is 0. The van der Waals surface area contributed by atoms with Crippen LogP contribution < -0.4 is 4.90 Å². The Kier molecular flexibility index (Phi) is 6.01. The highest BCUT2D eigenvalue weighted by molar-refractivity contribution is 7.26. The Bertz CT molecular complexity index is 2790. The number of rotatable bonds is 5. The predicted molar refractivity (Wildman–Crippen MR) is 200 cm³/mol. The molecule has 0 unspecified atom stereocenters. The quantitative estimate of drug-likeness (QED) is 0.189. The van der Waals surface area contributed by atoms with Crippen LogP contribution in [0.3, 0.4) is 0 Å². The molecule has 3 aromatic heterocycles. The molecule has 0 bridgehead atoms. The molecule has 0 fully saturated rings. The third-order valence-electron chi connectivity index (χ3n) is 9.08. The van der Waals surface area contributed by atoms with Crippen molar-refractivity contribution >= 4 is 81.6 Å². The van der Waals surface area contributed by atoms with Gasteiger partial charge in [0, 0.05) is 49.2 Å². The number of hydrogen-bond acceptors (Lipinski definition) is 5. The van der Waals surface area contributed by atoms with Gasteiger partial charge in [-0.2, -0.15) is 0 Å². The Morgan fingerprint density at radius 2 is 1.17 bits per heavy atom. The molecule has 0 aliphatic heterocycles.